The molecule has 1 aliphatic rings. The van der Waals surface area contributed by atoms with Crippen molar-refractivity contribution < 1.29 is 18.3 Å². The Balaban J connectivity index is 1.58. The van der Waals surface area contributed by atoms with Crippen LogP contribution in [0.3, 0.4) is 0 Å². The number of benzene rings is 1. The minimum atomic E-state index is -4.51. The van der Waals surface area contributed by atoms with Crippen LogP contribution in [0.25, 0.3) is 0 Å². The molecule has 2 aromatic rings. The van der Waals surface area contributed by atoms with Gasteiger partial charge in [-0.25, -0.2) is 0 Å². The lowest BCUT2D eigenvalue weighted by atomic mass is 10.0. The van der Waals surface area contributed by atoms with Crippen molar-refractivity contribution in [3.05, 3.63) is 47.5 Å². The molecule has 0 radical (unpaired) electrons. The largest absolute Gasteiger partial charge is 0.451 e. The zero-order chi connectivity index (χ0) is 18.0. The summed E-state index contributed by atoms with van der Waals surface area (Å²) in [7, 11) is 0. The molecule has 1 aromatic carbocycles. The van der Waals surface area contributed by atoms with Crippen LogP contribution in [0.1, 0.15) is 17.2 Å². The summed E-state index contributed by atoms with van der Waals surface area (Å²) in [5, 5.41) is 17.2. The normalized spacial score (nSPS) is 18.0. The summed E-state index contributed by atoms with van der Waals surface area (Å²) in [6.45, 7) is 1.00. The average Bonchev–Trinajstić information content (AvgIpc) is 2.99. The Hall–Kier alpha value is -1.97. The van der Waals surface area contributed by atoms with E-state index < -0.39 is 24.1 Å². The van der Waals surface area contributed by atoms with Gasteiger partial charge in [0.05, 0.1) is 12.6 Å². The van der Waals surface area contributed by atoms with Gasteiger partial charge in [-0.1, -0.05) is 30.3 Å². The molecular formula is C16H20F3N5O. The van der Waals surface area contributed by atoms with Crippen LogP contribution in [-0.4, -0.2) is 50.0 Å². The maximum absolute atomic E-state index is 12.8. The van der Waals surface area contributed by atoms with Crippen LogP contribution in [0.2, 0.25) is 0 Å². The molecule has 2 heterocycles. The van der Waals surface area contributed by atoms with Crippen LogP contribution >= 0.6 is 0 Å². The van der Waals surface area contributed by atoms with Gasteiger partial charge in [0.1, 0.15) is 5.82 Å². The van der Waals surface area contributed by atoms with E-state index in [4.69, 9.17) is 5.73 Å². The zero-order valence-corrected chi connectivity index (χ0v) is 13.5. The number of aromatic nitrogens is 3. The second-order valence-corrected chi connectivity index (χ2v) is 6.25. The van der Waals surface area contributed by atoms with Crippen molar-refractivity contribution in [1.82, 2.24) is 19.7 Å². The SMILES string of the molecule is NC(Cc1ccccc1)C(O)CN1CCn2c(nnc2C(F)(F)F)C1. The number of aliphatic hydroxyl groups is 1. The molecule has 0 amide bonds. The van der Waals surface area contributed by atoms with Crippen LogP contribution in [-0.2, 0) is 25.7 Å². The molecule has 1 aliphatic heterocycles. The molecule has 6 nitrogen and oxygen atoms in total. The predicted molar refractivity (Wildman–Crippen MR) is 84.4 cm³/mol. The summed E-state index contributed by atoms with van der Waals surface area (Å²) < 4.78 is 39.6. The van der Waals surface area contributed by atoms with Gasteiger partial charge in [0.15, 0.2) is 0 Å². The Bertz CT molecular complexity index is 704. The van der Waals surface area contributed by atoms with Crippen molar-refractivity contribution in [3.8, 4) is 0 Å². The van der Waals surface area contributed by atoms with E-state index in [1.54, 1.807) is 0 Å². The molecule has 0 spiro atoms. The number of nitrogens with zero attached hydrogens (tertiary/aromatic N) is 4. The molecule has 0 fully saturated rings. The van der Waals surface area contributed by atoms with E-state index in [-0.39, 0.29) is 25.5 Å². The van der Waals surface area contributed by atoms with Crippen LogP contribution in [0.4, 0.5) is 13.2 Å². The topological polar surface area (TPSA) is 80.2 Å². The third-order valence-electron chi connectivity index (χ3n) is 4.34. The van der Waals surface area contributed by atoms with E-state index in [0.717, 1.165) is 10.1 Å². The van der Waals surface area contributed by atoms with E-state index in [1.807, 2.05) is 35.2 Å². The Morgan fingerprint density at radius 1 is 1.16 bits per heavy atom. The highest BCUT2D eigenvalue weighted by atomic mass is 19.4. The lowest BCUT2D eigenvalue weighted by Crippen LogP contribution is -2.46. The summed E-state index contributed by atoms with van der Waals surface area (Å²) in [5.74, 6) is -0.717. The standard InChI is InChI=1S/C16H20F3N5O/c17-16(18,19)15-22-21-14-10-23(6-7-24(14)15)9-13(25)12(20)8-11-4-2-1-3-5-11/h1-5,12-13,25H,6-10,20H2. The molecule has 25 heavy (non-hydrogen) atoms. The molecule has 136 valence electrons. The number of β-amino-alcohol motifs (C(OH)–C–C–N with tert-alkyl or cyclic N) is 1. The number of hydrogen-bond donors (Lipinski definition) is 2. The van der Waals surface area contributed by atoms with Crippen LogP contribution < -0.4 is 5.73 Å². The highest BCUT2D eigenvalue weighted by Crippen LogP contribution is 2.29. The van der Waals surface area contributed by atoms with Gasteiger partial charge in [-0.2, -0.15) is 13.2 Å². The summed E-state index contributed by atoms with van der Waals surface area (Å²) in [6.07, 6.45) is -4.76. The number of alkyl halides is 3. The van der Waals surface area contributed by atoms with Gasteiger partial charge >= 0.3 is 6.18 Å². The predicted octanol–water partition coefficient (Wildman–Crippen LogP) is 1.04. The first-order valence-corrected chi connectivity index (χ1v) is 8.04. The first-order chi connectivity index (χ1) is 11.8. The number of halogens is 3. The minimum absolute atomic E-state index is 0.137. The van der Waals surface area contributed by atoms with Crippen molar-refractivity contribution in [2.45, 2.75) is 37.8 Å². The third kappa shape index (κ3) is 4.17. The van der Waals surface area contributed by atoms with Crippen molar-refractivity contribution in [1.29, 1.82) is 0 Å². The smallest absolute Gasteiger partial charge is 0.390 e. The quantitative estimate of drug-likeness (QED) is 0.838. The highest BCUT2D eigenvalue weighted by molar-refractivity contribution is 5.16. The maximum Gasteiger partial charge on any atom is 0.451 e. The van der Waals surface area contributed by atoms with Crippen molar-refractivity contribution in [2.75, 3.05) is 13.1 Å². The molecular weight excluding hydrogens is 335 g/mol. The van der Waals surface area contributed by atoms with Crippen molar-refractivity contribution in [2.24, 2.45) is 5.73 Å². The van der Waals surface area contributed by atoms with Gasteiger partial charge in [0.2, 0.25) is 5.82 Å². The lowest BCUT2D eigenvalue weighted by Gasteiger charge is -2.31. The molecule has 9 heteroatoms. The first-order valence-electron chi connectivity index (χ1n) is 8.04. The number of fused-ring (bicyclic) bond motifs is 1. The third-order valence-corrected chi connectivity index (χ3v) is 4.34. The monoisotopic (exact) mass is 355 g/mol. The first kappa shape index (κ1) is 17.8. The summed E-state index contributed by atoms with van der Waals surface area (Å²) in [4.78, 5) is 1.85. The number of nitrogens with two attached hydrogens (primary N) is 1. The fourth-order valence-corrected chi connectivity index (χ4v) is 3.00. The molecule has 0 aliphatic carbocycles. The van der Waals surface area contributed by atoms with Gasteiger partial charge in [0, 0.05) is 25.7 Å². The summed E-state index contributed by atoms with van der Waals surface area (Å²) >= 11 is 0. The Morgan fingerprint density at radius 2 is 1.88 bits per heavy atom. The van der Waals surface area contributed by atoms with Crippen LogP contribution in [0.5, 0.6) is 0 Å². The summed E-state index contributed by atoms with van der Waals surface area (Å²) in [5.41, 5.74) is 7.09. The highest BCUT2D eigenvalue weighted by Gasteiger charge is 2.39. The van der Waals surface area contributed by atoms with Gasteiger partial charge < -0.3 is 15.4 Å². The van der Waals surface area contributed by atoms with Crippen molar-refractivity contribution in [3.63, 3.8) is 0 Å². The Morgan fingerprint density at radius 3 is 2.56 bits per heavy atom. The molecule has 2 atom stereocenters. The summed E-state index contributed by atoms with van der Waals surface area (Å²) in [6, 6.07) is 9.15. The van der Waals surface area contributed by atoms with Gasteiger partial charge in [0.25, 0.3) is 0 Å². The molecule has 2 unspecified atom stereocenters. The number of aliphatic hydroxyl groups excluding tert-OH is 1. The van der Waals surface area contributed by atoms with Crippen LogP contribution in [0.15, 0.2) is 30.3 Å². The molecule has 3 N–H and O–H groups in total. The molecule has 3 rings (SSSR count). The van der Waals surface area contributed by atoms with Gasteiger partial charge in [-0.3, -0.25) is 4.90 Å². The zero-order valence-electron chi connectivity index (χ0n) is 13.5. The fraction of sp³-hybridized carbons (Fsp3) is 0.500. The molecule has 0 saturated carbocycles. The minimum Gasteiger partial charge on any atom is -0.390 e. The van der Waals surface area contributed by atoms with E-state index in [9.17, 15) is 18.3 Å². The second-order valence-electron chi connectivity index (χ2n) is 6.25. The van der Waals surface area contributed by atoms with E-state index in [0.29, 0.717) is 13.0 Å². The lowest BCUT2D eigenvalue weighted by molar-refractivity contribution is -0.148. The second kappa shape index (κ2) is 7.11. The maximum atomic E-state index is 12.8. The number of hydrogen-bond acceptors (Lipinski definition) is 5. The average molecular weight is 355 g/mol. The fourth-order valence-electron chi connectivity index (χ4n) is 3.00. The van der Waals surface area contributed by atoms with Crippen molar-refractivity contribution >= 4 is 0 Å². The van der Waals surface area contributed by atoms with Gasteiger partial charge in [-0.05, 0) is 12.0 Å². The van der Waals surface area contributed by atoms with Crippen LogP contribution in [0, 0.1) is 0 Å². The molecule has 0 saturated heterocycles. The number of rotatable bonds is 5. The van der Waals surface area contributed by atoms with E-state index in [1.165, 1.54) is 0 Å². The molecule has 1 aromatic heterocycles. The Labute approximate surface area is 143 Å². The van der Waals surface area contributed by atoms with E-state index in [2.05, 4.69) is 10.2 Å². The van der Waals surface area contributed by atoms with E-state index >= 15 is 0 Å². The Kier molecular flexibility index (Phi) is 5.07. The molecule has 0 bridgehead atoms. The van der Waals surface area contributed by atoms with Gasteiger partial charge in [-0.15, -0.1) is 10.2 Å².